The average Bonchev–Trinajstić information content (AvgIpc) is 2.09. The summed E-state index contributed by atoms with van der Waals surface area (Å²) in [5.41, 5.74) is 0. The fraction of sp³-hybridized carbons (Fsp3) is 1.00. The Labute approximate surface area is 153 Å². The maximum absolute atomic E-state index is 9.75. The molecule has 1 saturated carbocycles. The van der Waals surface area contributed by atoms with Gasteiger partial charge < -0.3 is 51.8 Å². The van der Waals surface area contributed by atoms with Gasteiger partial charge in [0.25, 0.3) is 0 Å². The van der Waals surface area contributed by atoms with Gasteiger partial charge in [0.15, 0.2) is 0 Å². The minimum absolute atomic E-state index is 1.13. The van der Waals surface area contributed by atoms with Gasteiger partial charge in [-0.25, -0.2) is 0 Å². The SMILES string of the molecule is F[B-](F)(F)F.F[B-](F)(F)F.F[B-](F)(F)F.[K][CH]1CCCCC1. The van der Waals surface area contributed by atoms with Gasteiger partial charge in [0.1, 0.15) is 0 Å². The van der Waals surface area contributed by atoms with Crippen LogP contribution in [0.3, 0.4) is 0 Å². The van der Waals surface area contributed by atoms with E-state index in [2.05, 4.69) is 0 Å². The van der Waals surface area contributed by atoms with E-state index < -0.39 is 21.8 Å². The van der Waals surface area contributed by atoms with E-state index in [9.17, 15) is 51.8 Å². The number of hydrogen-bond acceptors (Lipinski definition) is 0. The molecule has 0 nitrogen and oxygen atoms in total. The van der Waals surface area contributed by atoms with Crippen molar-refractivity contribution >= 4 is 70.7 Å². The molecule has 0 radical (unpaired) electrons. The van der Waals surface area contributed by atoms with E-state index in [1.54, 1.807) is 12.8 Å². The molecule has 0 bridgehead atoms. The summed E-state index contributed by atoms with van der Waals surface area (Å²) in [7, 11) is -18.0. The van der Waals surface area contributed by atoms with Crippen LogP contribution in [-0.2, 0) is 0 Å². The molecule has 0 aliphatic heterocycles. The Morgan fingerprint density at radius 3 is 0.773 bits per heavy atom. The first-order valence-electron chi connectivity index (χ1n) is 6.01. The van der Waals surface area contributed by atoms with Crippen LogP contribution in [0.5, 0.6) is 0 Å². The summed E-state index contributed by atoms with van der Waals surface area (Å²) in [6.07, 6.45) is 7.73. The second kappa shape index (κ2) is 13.3. The van der Waals surface area contributed by atoms with Crippen molar-refractivity contribution in [3.05, 3.63) is 0 Å². The zero-order valence-corrected chi connectivity index (χ0v) is 14.5. The fourth-order valence-electron chi connectivity index (χ4n) is 1.31. The summed E-state index contributed by atoms with van der Waals surface area (Å²) in [5, 5.41) is 0. The van der Waals surface area contributed by atoms with Crippen LogP contribution in [-0.4, -0.2) is 70.7 Å². The van der Waals surface area contributed by atoms with Gasteiger partial charge in [0, 0.05) is 0 Å². The molecule has 0 amide bonds. The van der Waals surface area contributed by atoms with E-state index in [4.69, 9.17) is 0 Å². The Morgan fingerprint density at radius 2 is 0.682 bits per heavy atom. The normalized spacial score (nSPS) is 16.3. The Hall–Kier alpha value is 0.991. The average molecular weight is 383 g/mol. The molecular formula is C6H11B3F12K-3. The predicted octanol–water partition coefficient (Wildman–Crippen LogP) is 5.81. The molecule has 0 aromatic rings. The van der Waals surface area contributed by atoms with Gasteiger partial charge in [0.05, 0.1) is 0 Å². The topological polar surface area (TPSA) is 0 Å². The van der Waals surface area contributed by atoms with Crippen LogP contribution < -0.4 is 0 Å². The number of hydrogen-bond donors (Lipinski definition) is 0. The van der Waals surface area contributed by atoms with E-state index >= 15 is 0 Å². The molecule has 22 heavy (non-hydrogen) atoms. The van der Waals surface area contributed by atoms with Crippen LogP contribution in [0.25, 0.3) is 0 Å². The zero-order valence-electron chi connectivity index (χ0n) is 11.4. The van der Waals surface area contributed by atoms with Crippen molar-refractivity contribution in [1.82, 2.24) is 0 Å². The van der Waals surface area contributed by atoms with E-state index in [-0.39, 0.29) is 0 Å². The minimum atomic E-state index is -6.00. The number of rotatable bonds is 0. The van der Waals surface area contributed by atoms with Crippen LogP contribution in [0.4, 0.5) is 51.8 Å². The molecular weight excluding hydrogens is 372 g/mol. The van der Waals surface area contributed by atoms with Gasteiger partial charge >= 0.3 is 103 Å². The zero-order chi connectivity index (χ0) is 18.6. The van der Waals surface area contributed by atoms with Gasteiger partial charge in [-0.15, -0.1) is 0 Å². The summed E-state index contributed by atoms with van der Waals surface area (Å²) in [6.45, 7) is 0. The third kappa shape index (κ3) is 104. The van der Waals surface area contributed by atoms with E-state index in [1.165, 1.54) is 19.3 Å². The number of halogens is 12. The molecule has 1 fully saturated rings. The Morgan fingerprint density at radius 1 is 0.500 bits per heavy atom. The molecule has 16 heteroatoms. The molecule has 1 aliphatic rings. The Kier molecular flexibility index (Phi) is 16.8. The third-order valence-electron chi connectivity index (χ3n) is 1.89. The van der Waals surface area contributed by atoms with Crippen molar-refractivity contribution in [2.45, 2.75) is 32.1 Å². The molecule has 1 aliphatic carbocycles. The van der Waals surface area contributed by atoms with Gasteiger partial charge in [-0.1, -0.05) is 0 Å². The summed E-state index contributed by atoms with van der Waals surface area (Å²) in [6, 6.07) is 0. The molecule has 0 unspecified atom stereocenters. The molecule has 1 rings (SSSR count). The molecule has 0 N–H and O–H groups in total. The van der Waals surface area contributed by atoms with Gasteiger partial charge in [0.2, 0.25) is 0 Å². The summed E-state index contributed by atoms with van der Waals surface area (Å²) < 4.78 is 118. The van der Waals surface area contributed by atoms with Gasteiger partial charge in [-0.3, -0.25) is 0 Å². The molecule has 0 aromatic heterocycles. The quantitative estimate of drug-likeness (QED) is 0.366. The second-order valence-electron chi connectivity index (χ2n) is 4.23. The van der Waals surface area contributed by atoms with Crippen molar-refractivity contribution in [2.75, 3.05) is 0 Å². The van der Waals surface area contributed by atoms with Crippen LogP contribution in [0.2, 0.25) is 0.0125 Å². The summed E-state index contributed by atoms with van der Waals surface area (Å²) in [5.74, 6) is 0. The van der Waals surface area contributed by atoms with Crippen molar-refractivity contribution in [3.63, 3.8) is 0 Å². The van der Waals surface area contributed by atoms with Crippen LogP contribution >= 0.6 is 0 Å². The Bertz CT molecular complexity index is 198. The van der Waals surface area contributed by atoms with Gasteiger partial charge in [-0.05, 0) is 0 Å². The van der Waals surface area contributed by atoms with E-state index in [0.717, 1.165) is 49.0 Å². The molecule has 0 saturated heterocycles. The molecule has 0 aromatic carbocycles. The second-order valence-corrected chi connectivity index (χ2v) is 6.78. The first-order chi connectivity index (χ1) is 9.39. The predicted molar refractivity (Wildman–Crippen MR) is 63.1 cm³/mol. The standard InChI is InChI=1S/C6H11.3BF4.K/c1-2-4-6-5-3-1;3*2-1(3,4)5;/h1H,2-6H2;;;;/q;3*-1;. The van der Waals surface area contributed by atoms with Crippen molar-refractivity contribution in [1.29, 1.82) is 0 Å². The summed E-state index contributed by atoms with van der Waals surface area (Å²) >= 11 is 1.13. The van der Waals surface area contributed by atoms with Crippen molar-refractivity contribution in [2.24, 2.45) is 0 Å². The van der Waals surface area contributed by atoms with Gasteiger partial charge in [-0.2, -0.15) is 0 Å². The molecule has 0 atom stereocenters. The first kappa shape index (κ1) is 27.8. The first-order valence-corrected chi connectivity index (χ1v) is 7.82. The summed E-state index contributed by atoms with van der Waals surface area (Å²) in [4.78, 5) is 0. The van der Waals surface area contributed by atoms with Crippen molar-refractivity contribution in [3.8, 4) is 0 Å². The monoisotopic (exact) mass is 383 g/mol. The third-order valence-corrected chi connectivity index (χ3v) is 3.70. The Balaban J connectivity index is -0.000000223. The maximum atomic E-state index is 9.75. The van der Waals surface area contributed by atoms with Crippen LogP contribution in [0, 0.1) is 0 Å². The fourth-order valence-corrected chi connectivity index (χ4v) is 2.58. The van der Waals surface area contributed by atoms with E-state index in [0.29, 0.717) is 0 Å². The molecule has 0 heterocycles. The molecule has 0 spiro atoms. The van der Waals surface area contributed by atoms with Crippen LogP contribution in [0.1, 0.15) is 32.1 Å². The van der Waals surface area contributed by atoms with E-state index in [1.807, 2.05) is 0 Å². The van der Waals surface area contributed by atoms with Crippen molar-refractivity contribution < 1.29 is 51.8 Å². The molecule has 132 valence electrons. The van der Waals surface area contributed by atoms with Crippen LogP contribution in [0.15, 0.2) is 0 Å².